The molecule has 0 bridgehead atoms. The van der Waals surface area contributed by atoms with Crippen LogP contribution in [0, 0.1) is 17.3 Å². The maximum atomic E-state index is 12.5. The third-order valence-corrected chi connectivity index (χ3v) is 6.47. The Hall–Kier alpha value is -2.33. The summed E-state index contributed by atoms with van der Waals surface area (Å²) in [4.78, 5) is 12.5. The number of carbonyl (C=O) groups is 1. The Balaban J connectivity index is 1.35. The van der Waals surface area contributed by atoms with Gasteiger partial charge in [-0.15, -0.1) is 0 Å². The first-order valence-corrected chi connectivity index (χ1v) is 10.2. The van der Waals surface area contributed by atoms with Crippen molar-refractivity contribution in [2.45, 2.75) is 39.2 Å². The van der Waals surface area contributed by atoms with E-state index >= 15 is 0 Å². The lowest BCUT2D eigenvalue weighted by atomic mass is 9.90. The lowest BCUT2D eigenvalue weighted by Crippen LogP contribution is -2.22. The Labute approximate surface area is 170 Å². The molecular formula is C23H25ClN2O2. The Bertz CT molecular complexity index is 880. The number of hydrogen-bond donors (Lipinski definition) is 1. The number of rotatable bonds is 6. The van der Waals surface area contributed by atoms with E-state index in [1.807, 2.05) is 48.5 Å². The molecule has 2 fully saturated rings. The minimum atomic E-state index is 0.0465. The first-order chi connectivity index (χ1) is 13.6. The van der Waals surface area contributed by atoms with Gasteiger partial charge in [0.1, 0.15) is 12.4 Å². The molecule has 0 saturated heterocycles. The first kappa shape index (κ1) is 19.0. The molecule has 0 aliphatic heterocycles. The number of hydrazone groups is 1. The summed E-state index contributed by atoms with van der Waals surface area (Å²) in [5, 5.41) is 4.90. The van der Waals surface area contributed by atoms with Crippen LogP contribution in [0.4, 0.5) is 0 Å². The molecule has 1 N–H and O–H groups in total. The van der Waals surface area contributed by atoms with Crippen molar-refractivity contribution in [3.05, 3.63) is 64.7 Å². The fourth-order valence-electron chi connectivity index (χ4n) is 4.55. The highest BCUT2D eigenvalue weighted by Gasteiger charge is 2.64. The first-order valence-electron chi connectivity index (χ1n) is 9.87. The average Bonchev–Trinajstić information content (AvgIpc) is 3.34. The van der Waals surface area contributed by atoms with E-state index in [-0.39, 0.29) is 17.2 Å². The van der Waals surface area contributed by atoms with Gasteiger partial charge < -0.3 is 4.74 Å². The summed E-state index contributed by atoms with van der Waals surface area (Å²) in [5.41, 5.74) is 4.80. The number of nitrogens with one attached hydrogen (secondary N) is 1. The second-order valence-corrected chi connectivity index (χ2v) is 8.46. The molecular weight excluding hydrogens is 372 g/mol. The van der Waals surface area contributed by atoms with Crippen LogP contribution in [0.15, 0.2) is 53.6 Å². The van der Waals surface area contributed by atoms with Gasteiger partial charge >= 0.3 is 0 Å². The molecule has 1 amide bonds. The average molecular weight is 397 g/mol. The molecule has 4 rings (SSSR count). The summed E-state index contributed by atoms with van der Waals surface area (Å²) >= 11 is 5.92. The number of amides is 1. The number of benzene rings is 2. The highest BCUT2D eigenvalue weighted by molar-refractivity contribution is 6.30. The fraction of sp³-hybridized carbons (Fsp3) is 0.391. The van der Waals surface area contributed by atoms with Gasteiger partial charge in [-0.25, -0.2) is 5.43 Å². The van der Waals surface area contributed by atoms with Crippen molar-refractivity contribution >= 4 is 23.7 Å². The van der Waals surface area contributed by atoms with Crippen LogP contribution in [0.2, 0.25) is 5.02 Å². The molecule has 0 aromatic heterocycles. The summed E-state index contributed by atoms with van der Waals surface area (Å²) in [6.45, 7) is 2.68. The number of ether oxygens (including phenoxy) is 1. The van der Waals surface area contributed by atoms with Gasteiger partial charge in [0.2, 0.25) is 5.91 Å². The molecule has 4 nitrogen and oxygen atoms in total. The van der Waals surface area contributed by atoms with Gasteiger partial charge in [0.15, 0.2) is 0 Å². The molecule has 0 spiro atoms. The summed E-state index contributed by atoms with van der Waals surface area (Å²) in [6.07, 6.45) is 6.45. The van der Waals surface area contributed by atoms with Crippen LogP contribution in [0.1, 0.15) is 43.7 Å². The van der Waals surface area contributed by atoms with E-state index in [1.54, 1.807) is 6.21 Å². The molecule has 3 atom stereocenters. The number of halogens is 1. The largest absolute Gasteiger partial charge is 0.488 e. The molecule has 0 unspecified atom stereocenters. The lowest BCUT2D eigenvalue weighted by Gasteiger charge is -2.15. The maximum absolute atomic E-state index is 12.5. The quantitative estimate of drug-likeness (QED) is 0.539. The number of hydrogen-bond acceptors (Lipinski definition) is 3. The van der Waals surface area contributed by atoms with E-state index in [1.165, 1.54) is 19.3 Å². The van der Waals surface area contributed by atoms with E-state index in [0.29, 0.717) is 17.5 Å². The van der Waals surface area contributed by atoms with Gasteiger partial charge in [-0.2, -0.15) is 5.10 Å². The zero-order valence-electron chi connectivity index (χ0n) is 16.0. The fourth-order valence-corrected chi connectivity index (χ4v) is 4.67. The smallest absolute Gasteiger partial charge is 0.244 e. The third kappa shape index (κ3) is 3.93. The maximum Gasteiger partial charge on any atom is 0.244 e. The van der Waals surface area contributed by atoms with Crippen LogP contribution < -0.4 is 10.2 Å². The molecule has 28 heavy (non-hydrogen) atoms. The van der Waals surface area contributed by atoms with Gasteiger partial charge in [-0.1, -0.05) is 55.6 Å². The van der Waals surface area contributed by atoms with Gasteiger partial charge in [0.25, 0.3) is 0 Å². The zero-order chi connectivity index (χ0) is 19.6. The van der Waals surface area contributed by atoms with Crippen molar-refractivity contribution in [3.8, 4) is 5.75 Å². The molecule has 5 heteroatoms. The Morgan fingerprint density at radius 2 is 2.04 bits per heavy atom. The van der Waals surface area contributed by atoms with Gasteiger partial charge in [-0.05, 0) is 54.0 Å². The highest BCUT2D eigenvalue weighted by Crippen LogP contribution is 2.66. The Morgan fingerprint density at radius 1 is 1.25 bits per heavy atom. The van der Waals surface area contributed by atoms with Crippen LogP contribution in [-0.4, -0.2) is 12.1 Å². The van der Waals surface area contributed by atoms with E-state index < -0.39 is 0 Å². The van der Waals surface area contributed by atoms with E-state index in [0.717, 1.165) is 23.3 Å². The zero-order valence-corrected chi connectivity index (χ0v) is 16.8. The number of para-hydroxylation sites is 1. The monoisotopic (exact) mass is 396 g/mol. The molecule has 2 aromatic rings. The molecule has 2 aliphatic carbocycles. The van der Waals surface area contributed by atoms with Gasteiger partial charge in [-0.3, -0.25) is 4.79 Å². The van der Waals surface area contributed by atoms with E-state index in [9.17, 15) is 4.79 Å². The predicted octanol–water partition coefficient (Wildman–Crippen LogP) is 5.20. The summed E-state index contributed by atoms with van der Waals surface area (Å²) in [6, 6.07) is 15.2. The molecule has 0 heterocycles. The minimum absolute atomic E-state index is 0.0465. The molecule has 2 aliphatic rings. The van der Waals surface area contributed by atoms with Gasteiger partial charge in [0, 0.05) is 16.5 Å². The normalized spacial score (nSPS) is 25.9. The molecule has 2 saturated carbocycles. The van der Waals surface area contributed by atoms with Crippen LogP contribution in [0.25, 0.3) is 0 Å². The highest BCUT2D eigenvalue weighted by atomic mass is 35.5. The Morgan fingerprint density at radius 3 is 2.79 bits per heavy atom. The van der Waals surface area contributed by atoms with Crippen LogP contribution >= 0.6 is 11.6 Å². The van der Waals surface area contributed by atoms with Crippen molar-refractivity contribution in [3.63, 3.8) is 0 Å². The van der Waals surface area contributed by atoms with E-state index in [4.69, 9.17) is 16.3 Å². The summed E-state index contributed by atoms with van der Waals surface area (Å²) < 4.78 is 5.93. The second kappa shape index (κ2) is 7.96. The topological polar surface area (TPSA) is 50.7 Å². The van der Waals surface area contributed by atoms with Crippen molar-refractivity contribution in [1.82, 2.24) is 5.43 Å². The number of nitrogens with zero attached hydrogens (tertiary/aromatic N) is 1. The SMILES string of the molecule is C[C@]12CCCC[C@@H]1[C@@H]2C(=O)N/N=C\c1ccccc1OCc1ccc(Cl)cc1. The van der Waals surface area contributed by atoms with Crippen molar-refractivity contribution in [1.29, 1.82) is 0 Å². The Kier molecular flexibility index (Phi) is 5.40. The van der Waals surface area contributed by atoms with Crippen molar-refractivity contribution in [2.24, 2.45) is 22.4 Å². The van der Waals surface area contributed by atoms with Crippen LogP contribution in [0.3, 0.4) is 0 Å². The third-order valence-electron chi connectivity index (χ3n) is 6.22. The second-order valence-electron chi connectivity index (χ2n) is 8.02. The van der Waals surface area contributed by atoms with Crippen molar-refractivity contribution < 1.29 is 9.53 Å². The minimum Gasteiger partial charge on any atom is -0.488 e. The van der Waals surface area contributed by atoms with Crippen molar-refractivity contribution in [2.75, 3.05) is 0 Å². The molecule has 0 radical (unpaired) electrons. The lowest BCUT2D eigenvalue weighted by molar-refractivity contribution is -0.123. The predicted molar refractivity (Wildman–Crippen MR) is 112 cm³/mol. The summed E-state index contributed by atoms with van der Waals surface area (Å²) in [7, 11) is 0. The van der Waals surface area contributed by atoms with E-state index in [2.05, 4.69) is 17.5 Å². The van der Waals surface area contributed by atoms with Gasteiger partial charge in [0.05, 0.1) is 6.21 Å². The molecule has 146 valence electrons. The molecule has 2 aromatic carbocycles. The van der Waals surface area contributed by atoms with Crippen LogP contribution in [-0.2, 0) is 11.4 Å². The standard InChI is InChI=1S/C23H25ClN2O2/c1-23-13-5-4-7-19(23)21(23)22(27)26-25-14-17-6-2-3-8-20(17)28-15-16-9-11-18(24)12-10-16/h2-3,6,8-12,14,19,21H,4-5,7,13,15H2,1H3,(H,26,27)/b25-14-/t19-,21-,23+/m1/s1. The number of carbonyl (C=O) groups excluding carboxylic acids is 1. The number of fused-ring (bicyclic) bond motifs is 1. The summed E-state index contributed by atoms with van der Waals surface area (Å²) in [5.74, 6) is 1.42. The van der Waals surface area contributed by atoms with Crippen LogP contribution in [0.5, 0.6) is 5.75 Å².